The number of aliphatic hydroxyl groups is 2. The standard InChI is InChI=1S/C18H35NO6/c1-2-3-4-6-10-13-16(20)18(22)15(19-23)12-9-7-5-8-11-14-17(21)25-24/h15-16,18,20,22,24H,2-14H2,1H3. The van der Waals surface area contributed by atoms with Gasteiger partial charge in [-0.15, -0.1) is 0 Å². The molecular weight excluding hydrogens is 326 g/mol. The Balaban J connectivity index is 3.80. The van der Waals surface area contributed by atoms with Gasteiger partial charge in [0.15, 0.2) is 0 Å². The molecule has 3 N–H and O–H groups in total. The van der Waals surface area contributed by atoms with Crippen molar-refractivity contribution in [3.05, 3.63) is 4.91 Å². The van der Waals surface area contributed by atoms with Crippen LogP contribution in [-0.2, 0) is 9.68 Å². The zero-order valence-electron chi connectivity index (χ0n) is 15.4. The molecule has 0 aromatic carbocycles. The van der Waals surface area contributed by atoms with E-state index in [1.165, 1.54) is 6.42 Å². The Morgan fingerprint density at radius 2 is 1.48 bits per heavy atom. The van der Waals surface area contributed by atoms with Gasteiger partial charge in [-0.25, -0.2) is 4.79 Å². The van der Waals surface area contributed by atoms with Crippen molar-refractivity contribution in [2.45, 2.75) is 109 Å². The number of hydrogen-bond acceptors (Lipinski definition) is 7. The zero-order valence-corrected chi connectivity index (χ0v) is 15.4. The molecule has 0 radical (unpaired) electrons. The van der Waals surface area contributed by atoms with E-state index in [1.54, 1.807) is 0 Å². The van der Waals surface area contributed by atoms with Crippen LogP contribution in [0.15, 0.2) is 5.18 Å². The minimum absolute atomic E-state index is 0.193. The van der Waals surface area contributed by atoms with E-state index in [0.717, 1.165) is 51.4 Å². The highest BCUT2D eigenvalue weighted by Crippen LogP contribution is 2.18. The lowest BCUT2D eigenvalue weighted by atomic mass is 9.96. The van der Waals surface area contributed by atoms with Crippen LogP contribution in [0, 0.1) is 4.91 Å². The fourth-order valence-corrected chi connectivity index (χ4v) is 2.87. The summed E-state index contributed by atoms with van der Waals surface area (Å²) in [5.74, 6) is -0.628. The maximum Gasteiger partial charge on any atom is 0.342 e. The van der Waals surface area contributed by atoms with E-state index in [2.05, 4.69) is 17.0 Å². The number of hydrogen-bond donors (Lipinski definition) is 3. The Hall–Kier alpha value is -1.05. The van der Waals surface area contributed by atoms with Crippen molar-refractivity contribution in [2.24, 2.45) is 5.18 Å². The fourth-order valence-electron chi connectivity index (χ4n) is 2.87. The molecule has 0 saturated carbocycles. The number of aliphatic hydroxyl groups excluding tert-OH is 2. The van der Waals surface area contributed by atoms with Crippen molar-refractivity contribution in [1.29, 1.82) is 0 Å². The fraction of sp³-hybridized carbons (Fsp3) is 0.944. The molecule has 25 heavy (non-hydrogen) atoms. The minimum atomic E-state index is -1.09. The average molecular weight is 361 g/mol. The van der Waals surface area contributed by atoms with Crippen LogP contribution in [0.25, 0.3) is 0 Å². The molecule has 0 aromatic rings. The van der Waals surface area contributed by atoms with Gasteiger partial charge < -0.3 is 15.1 Å². The van der Waals surface area contributed by atoms with Crippen molar-refractivity contribution in [1.82, 2.24) is 0 Å². The normalized spacial score (nSPS) is 14.7. The predicted molar refractivity (Wildman–Crippen MR) is 96.0 cm³/mol. The predicted octanol–water partition coefficient (Wildman–Crippen LogP) is 3.95. The summed E-state index contributed by atoms with van der Waals surface area (Å²) in [6, 6.07) is -0.769. The summed E-state index contributed by atoms with van der Waals surface area (Å²) in [5, 5.41) is 31.2. The maximum absolute atomic E-state index is 10.9. The quantitative estimate of drug-likeness (QED) is 0.156. The summed E-state index contributed by atoms with van der Waals surface area (Å²) in [7, 11) is 0. The molecule has 0 aliphatic heterocycles. The van der Waals surface area contributed by atoms with E-state index in [-0.39, 0.29) is 6.42 Å². The van der Waals surface area contributed by atoms with Crippen molar-refractivity contribution in [3.63, 3.8) is 0 Å². The molecule has 0 fully saturated rings. The molecule has 0 aliphatic carbocycles. The van der Waals surface area contributed by atoms with Crippen molar-refractivity contribution in [3.8, 4) is 0 Å². The van der Waals surface area contributed by atoms with Gasteiger partial charge >= 0.3 is 5.97 Å². The summed E-state index contributed by atoms with van der Waals surface area (Å²) >= 11 is 0. The lowest BCUT2D eigenvalue weighted by Crippen LogP contribution is -2.36. The van der Waals surface area contributed by atoms with Crippen molar-refractivity contribution < 1.29 is 25.2 Å². The second kappa shape index (κ2) is 16.4. The van der Waals surface area contributed by atoms with Crippen molar-refractivity contribution in [2.75, 3.05) is 0 Å². The van der Waals surface area contributed by atoms with Gasteiger partial charge in [-0.2, -0.15) is 10.2 Å². The van der Waals surface area contributed by atoms with Crippen LogP contribution in [0.3, 0.4) is 0 Å². The highest BCUT2D eigenvalue weighted by molar-refractivity contribution is 5.68. The van der Waals surface area contributed by atoms with Crippen LogP contribution < -0.4 is 0 Å². The third-order valence-corrected chi connectivity index (χ3v) is 4.51. The summed E-state index contributed by atoms with van der Waals surface area (Å²) in [6.07, 6.45) is 8.47. The molecule has 148 valence electrons. The van der Waals surface area contributed by atoms with E-state index < -0.39 is 24.2 Å². The van der Waals surface area contributed by atoms with Gasteiger partial charge in [-0.3, -0.25) is 0 Å². The third-order valence-electron chi connectivity index (χ3n) is 4.51. The first-order valence-electron chi connectivity index (χ1n) is 9.59. The van der Waals surface area contributed by atoms with Gasteiger partial charge in [0.05, 0.1) is 6.10 Å². The molecule has 0 aromatic heterocycles. The summed E-state index contributed by atoms with van der Waals surface area (Å²) in [6.45, 7) is 2.14. The Bertz CT molecular complexity index is 340. The Labute approximate surface area is 150 Å². The van der Waals surface area contributed by atoms with Crippen LogP contribution >= 0.6 is 0 Å². The molecule has 0 amide bonds. The molecule has 3 atom stereocenters. The molecule has 0 bridgehead atoms. The summed E-state index contributed by atoms with van der Waals surface area (Å²) < 4.78 is 0. The van der Waals surface area contributed by atoms with Crippen LogP contribution in [0.2, 0.25) is 0 Å². The highest BCUT2D eigenvalue weighted by atomic mass is 17.1. The first-order valence-corrected chi connectivity index (χ1v) is 9.59. The summed E-state index contributed by atoms with van der Waals surface area (Å²) in [5.41, 5.74) is 0. The van der Waals surface area contributed by atoms with Gasteiger partial charge in [-0.1, -0.05) is 69.9 Å². The smallest absolute Gasteiger partial charge is 0.342 e. The number of rotatable bonds is 17. The highest BCUT2D eigenvalue weighted by Gasteiger charge is 2.26. The molecule has 0 heterocycles. The Morgan fingerprint density at radius 3 is 2.08 bits per heavy atom. The second-order valence-electron chi connectivity index (χ2n) is 6.70. The van der Waals surface area contributed by atoms with E-state index >= 15 is 0 Å². The molecule has 7 nitrogen and oxygen atoms in total. The molecule has 0 aliphatic rings. The number of unbranched alkanes of at least 4 members (excludes halogenated alkanes) is 8. The largest absolute Gasteiger partial charge is 0.390 e. The Kier molecular flexibility index (Phi) is 15.7. The molecule has 0 rings (SSSR count). The molecule has 0 spiro atoms. The molecule has 0 saturated heterocycles. The number of nitrogens with zero attached hydrogens (tertiary/aromatic N) is 1. The average Bonchev–Trinajstić information content (AvgIpc) is 2.62. The monoisotopic (exact) mass is 361 g/mol. The van der Waals surface area contributed by atoms with Gasteiger partial charge in [0.2, 0.25) is 0 Å². The lowest BCUT2D eigenvalue weighted by Gasteiger charge is -2.22. The number of nitroso groups, excluding NO2 is 1. The lowest BCUT2D eigenvalue weighted by molar-refractivity contribution is -0.234. The van der Waals surface area contributed by atoms with E-state index in [9.17, 15) is 19.9 Å². The first kappa shape index (κ1) is 23.9. The second-order valence-corrected chi connectivity index (χ2v) is 6.70. The van der Waals surface area contributed by atoms with Gasteiger partial charge in [-0.05, 0) is 19.3 Å². The van der Waals surface area contributed by atoms with Gasteiger partial charge in [0, 0.05) is 6.42 Å². The topological polar surface area (TPSA) is 116 Å². The van der Waals surface area contributed by atoms with Gasteiger partial charge in [0.25, 0.3) is 0 Å². The van der Waals surface area contributed by atoms with Gasteiger partial charge in [0.1, 0.15) is 12.1 Å². The number of carbonyl (C=O) groups excluding carboxylic acids is 1. The third kappa shape index (κ3) is 12.9. The SMILES string of the molecule is CCCCCCCC(O)C(O)C(CCCCCCCC(=O)OO)N=O. The molecular formula is C18H35NO6. The maximum atomic E-state index is 10.9. The van der Waals surface area contributed by atoms with Crippen LogP contribution in [0.5, 0.6) is 0 Å². The van der Waals surface area contributed by atoms with Crippen LogP contribution in [0.4, 0.5) is 0 Å². The molecule has 7 heteroatoms. The Morgan fingerprint density at radius 1 is 0.920 bits per heavy atom. The van der Waals surface area contributed by atoms with Crippen LogP contribution in [0.1, 0.15) is 90.4 Å². The van der Waals surface area contributed by atoms with E-state index in [1.807, 2.05) is 0 Å². The summed E-state index contributed by atoms with van der Waals surface area (Å²) in [4.78, 5) is 25.3. The zero-order chi connectivity index (χ0) is 18.9. The van der Waals surface area contributed by atoms with Crippen LogP contribution in [-0.4, -0.2) is 39.7 Å². The van der Waals surface area contributed by atoms with E-state index in [4.69, 9.17) is 5.26 Å². The van der Waals surface area contributed by atoms with E-state index in [0.29, 0.717) is 19.3 Å². The minimum Gasteiger partial charge on any atom is -0.390 e. The molecule has 3 unspecified atom stereocenters. The first-order chi connectivity index (χ1) is 12.1. The number of carbonyl (C=O) groups is 1. The van der Waals surface area contributed by atoms with Crippen molar-refractivity contribution >= 4 is 5.97 Å².